The molecule has 0 saturated heterocycles. The number of hydrogen-bond donors (Lipinski definition) is 0. The lowest BCUT2D eigenvalue weighted by molar-refractivity contribution is -0.168. The van der Waals surface area contributed by atoms with E-state index in [-0.39, 0.29) is 0 Å². The fourth-order valence-corrected chi connectivity index (χ4v) is 4.63. The smallest absolute Gasteiger partial charge is 0.0246 e. The van der Waals surface area contributed by atoms with Crippen LogP contribution >= 0.6 is 0 Å². The van der Waals surface area contributed by atoms with Crippen LogP contribution in [0.15, 0.2) is 0 Å². The predicted octanol–water partition coefficient (Wildman–Crippen LogP) is 5.91. The normalized spacial score (nSPS) is 39.0. The van der Waals surface area contributed by atoms with Gasteiger partial charge >= 0.3 is 0 Å². The van der Waals surface area contributed by atoms with Gasteiger partial charge in [0.05, 0.1) is 0 Å². The van der Waals surface area contributed by atoms with E-state index in [4.69, 9.17) is 0 Å². The molecule has 0 aliphatic heterocycles. The summed E-state index contributed by atoms with van der Waals surface area (Å²) in [4.78, 5) is 0. The number of rotatable bonds is 2. The second kappa shape index (κ2) is 4.00. The zero-order valence-electron chi connectivity index (χ0n) is 13.7. The van der Waals surface area contributed by atoms with Crippen molar-refractivity contribution in [3.8, 4) is 0 Å². The monoisotopic (exact) mass is 238 g/mol. The Morgan fingerprint density at radius 2 is 1.41 bits per heavy atom. The Morgan fingerprint density at radius 3 is 1.82 bits per heavy atom. The van der Waals surface area contributed by atoms with Gasteiger partial charge in [-0.1, -0.05) is 68.7 Å². The van der Waals surface area contributed by atoms with Crippen LogP contribution in [0, 0.1) is 27.6 Å². The van der Waals surface area contributed by atoms with Crippen molar-refractivity contribution in [2.24, 2.45) is 27.6 Å². The van der Waals surface area contributed by atoms with E-state index in [2.05, 4.69) is 62.3 Å². The van der Waals surface area contributed by atoms with Crippen molar-refractivity contribution >= 4 is 0 Å². The minimum atomic E-state index is 0.401. The van der Waals surface area contributed by atoms with Crippen molar-refractivity contribution in [2.75, 3.05) is 0 Å². The van der Waals surface area contributed by atoms with Crippen molar-refractivity contribution < 1.29 is 0 Å². The van der Waals surface area contributed by atoms with Crippen molar-refractivity contribution in [1.82, 2.24) is 0 Å². The van der Waals surface area contributed by atoms with Gasteiger partial charge in [-0.15, -0.1) is 0 Å². The topological polar surface area (TPSA) is 0 Å². The molecule has 2 unspecified atom stereocenters. The van der Waals surface area contributed by atoms with Gasteiger partial charge in [-0.2, -0.15) is 0 Å². The van der Waals surface area contributed by atoms with Gasteiger partial charge in [-0.25, -0.2) is 0 Å². The highest BCUT2D eigenvalue weighted by molar-refractivity contribution is 5.09. The Hall–Kier alpha value is 0. The van der Waals surface area contributed by atoms with Gasteiger partial charge in [-0.3, -0.25) is 0 Å². The standard InChI is InChI=1S/C17H34/c1-10-11-17(9)12-14(3,4)13(2)15(5,6)16(17,7)8/h13H,10-12H2,1-9H3. The molecule has 2 atom stereocenters. The molecule has 1 aliphatic rings. The lowest BCUT2D eigenvalue weighted by atomic mass is 9.39. The zero-order chi connectivity index (χ0) is 13.7. The predicted molar refractivity (Wildman–Crippen MR) is 78.1 cm³/mol. The number of hydrogen-bond acceptors (Lipinski definition) is 0. The quantitative estimate of drug-likeness (QED) is 0.561. The molecule has 1 fully saturated rings. The largest absolute Gasteiger partial charge is 0.0654 e. The molecule has 0 bridgehead atoms. The molecule has 102 valence electrons. The van der Waals surface area contributed by atoms with Gasteiger partial charge in [0.2, 0.25) is 0 Å². The van der Waals surface area contributed by atoms with E-state index in [1.54, 1.807) is 0 Å². The molecule has 0 radical (unpaired) electrons. The summed E-state index contributed by atoms with van der Waals surface area (Å²) in [5.74, 6) is 0.773. The molecule has 0 amide bonds. The Morgan fingerprint density at radius 1 is 0.941 bits per heavy atom. The molecular formula is C17H34. The molecule has 0 aromatic rings. The molecule has 0 aromatic heterocycles. The first kappa shape index (κ1) is 15.1. The van der Waals surface area contributed by atoms with E-state index < -0.39 is 0 Å². The maximum absolute atomic E-state index is 2.53. The third-order valence-electron chi connectivity index (χ3n) is 7.02. The molecule has 17 heavy (non-hydrogen) atoms. The average Bonchev–Trinajstić information content (AvgIpc) is 2.13. The van der Waals surface area contributed by atoms with E-state index >= 15 is 0 Å². The SMILES string of the molecule is CCCC1(C)CC(C)(C)C(C)C(C)(C)C1(C)C. The Kier molecular flexibility index (Phi) is 3.54. The van der Waals surface area contributed by atoms with Crippen LogP contribution < -0.4 is 0 Å². The summed E-state index contributed by atoms with van der Waals surface area (Å²) in [7, 11) is 0. The fourth-order valence-electron chi connectivity index (χ4n) is 4.63. The molecule has 1 rings (SSSR count). The Balaban J connectivity index is 3.27. The average molecular weight is 238 g/mol. The molecule has 0 nitrogen and oxygen atoms in total. The second-order valence-corrected chi connectivity index (χ2v) is 8.54. The molecule has 0 spiro atoms. The van der Waals surface area contributed by atoms with Crippen molar-refractivity contribution in [3.05, 3.63) is 0 Å². The third kappa shape index (κ3) is 1.96. The molecular weight excluding hydrogens is 204 g/mol. The van der Waals surface area contributed by atoms with Crippen LogP contribution in [-0.2, 0) is 0 Å². The van der Waals surface area contributed by atoms with E-state index in [1.807, 2.05) is 0 Å². The van der Waals surface area contributed by atoms with Crippen LogP contribution in [0.3, 0.4) is 0 Å². The summed E-state index contributed by atoms with van der Waals surface area (Å²) in [5.41, 5.74) is 1.74. The summed E-state index contributed by atoms with van der Waals surface area (Å²) in [6.45, 7) is 22.3. The van der Waals surface area contributed by atoms with Crippen LogP contribution in [0.25, 0.3) is 0 Å². The maximum Gasteiger partial charge on any atom is -0.0246 e. The Bertz CT molecular complexity index is 282. The van der Waals surface area contributed by atoms with Gasteiger partial charge in [0.15, 0.2) is 0 Å². The van der Waals surface area contributed by atoms with Crippen molar-refractivity contribution in [3.63, 3.8) is 0 Å². The van der Waals surface area contributed by atoms with Gasteiger partial charge in [0.1, 0.15) is 0 Å². The lowest BCUT2D eigenvalue weighted by Crippen LogP contribution is -2.58. The second-order valence-electron chi connectivity index (χ2n) is 8.54. The van der Waals surface area contributed by atoms with Gasteiger partial charge in [0.25, 0.3) is 0 Å². The molecule has 0 heteroatoms. The molecule has 0 heterocycles. The zero-order valence-corrected chi connectivity index (χ0v) is 13.7. The van der Waals surface area contributed by atoms with Gasteiger partial charge < -0.3 is 0 Å². The molecule has 1 aliphatic carbocycles. The van der Waals surface area contributed by atoms with Crippen LogP contribution in [0.4, 0.5) is 0 Å². The Labute approximate surface area is 110 Å². The van der Waals surface area contributed by atoms with Gasteiger partial charge in [-0.05, 0) is 40.4 Å². The van der Waals surface area contributed by atoms with Crippen LogP contribution in [0.5, 0.6) is 0 Å². The molecule has 0 N–H and O–H groups in total. The molecule has 1 saturated carbocycles. The van der Waals surface area contributed by atoms with Crippen LogP contribution in [-0.4, -0.2) is 0 Å². The fraction of sp³-hybridized carbons (Fsp3) is 1.00. The summed E-state index contributed by atoms with van der Waals surface area (Å²) in [6, 6.07) is 0. The van der Waals surface area contributed by atoms with E-state index in [9.17, 15) is 0 Å². The minimum Gasteiger partial charge on any atom is -0.0654 e. The third-order valence-corrected chi connectivity index (χ3v) is 7.02. The van der Waals surface area contributed by atoms with Crippen LogP contribution in [0.1, 0.15) is 81.6 Å². The molecule has 0 aromatic carbocycles. The summed E-state index contributed by atoms with van der Waals surface area (Å²) >= 11 is 0. The van der Waals surface area contributed by atoms with Crippen molar-refractivity contribution in [2.45, 2.75) is 81.6 Å². The summed E-state index contributed by atoms with van der Waals surface area (Å²) in [6.07, 6.45) is 4.03. The lowest BCUT2D eigenvalue weighted by Gasteiger charge is -2.66. The highest BCUT2D eigenvalue weighted by Crippen LogP contribution is 2.67. The van der Waals surface area contributed by atoms with Crippen LogP contribution in [0.2, 0.25) is 0 Å². The highest BCUT2D eigenvalue weighted by Gasteiger charge is 2.60. The van der Waals surface area contributed by atoms with E-state index in [1.165, 1.54) is 19.3 Å². The summed E-state index contributed by atoms with van der Waals surface area (Å²) < 4.78 is 0. The maximum atomic E-state index is 2.53. The van der Waals surface area contributed by atoms with Crippen molar-refractivity contribution in [1.29, 1.82) is 0 Å². The first-order valence-corrected chi connectivity index (χ1v) is 7.42. The van der Waals surface area contributed by atoms with E-state index in [0.29, 0.717) is 21.7 Å². The highest BCUT2D eigenvalue weighted by atomic mass is 14.6. The minimum absolute atomic E-state index is 0.401. The summed E-state index contributed by atoms with van der Waals surface area (Å²) in [5, 5.41) is 0. The first-order chi connectivity index (χ1) is 7.42. The van der Waals surface area contributed by atoms with Gasteiger partial charge in [0, 0.05) is 0 Å². The van der Waals surface area contributed by atoms with E-state index in [0.717, 1.165) is 5.92 Å². The first-order valence-electron chi connectivity index (χ1n) is 7.42.